The van der Waals surface area contributed by atoms with Crippen LogP contribution in [-0.4, -0.2) is 11.5 Å². The number of aromatic nitrogens is 1. The summed E-state index contributed by atoms with van der Waals surface area (Å²) in [4.78, 5) is 4.03. The lowest BCUT2D eigenvalue weighted by Gasteiger charge is -2.14. The number of nitrogens with zero attached hydrogens (tertiary/aromatic N) is 1. The fraction of sp³-hybridized carbons (Fsp3) is 0.214. The van der Waals surface area contributed by atoms with E-state index in [1.54, 1.807) is 12.4 Å². The lowest BCUT2D eigenvalue weighted by molar-refractivity contribution is 0.936. The first-order chi connectivity index (χ1) is 8.79. The minimum Gasteiger partial charge on any atom is -0.329 e. The third-order valence-electron chi connectivity index (χ3n) is 2.66. The van der Waals surface area contributed by atoms with Gasteiger partial charge in [0.1, 0.15) is 0 Å². The van der Waals surface area contributed by atoms with Gasteiger partial charge in [-0.3, -0.25) is 4.98 Å². The van der Waals surface area contributed by atoms with Gasteiger partial charge in [-0.05, 0) is 35.4 Å². The molecule has 1 aromatic carbocycles. The van der Waals surface area contributed by atoms with Crippen LogP contribution in [0.5, 0.6) is 0 Å². The highest BCUT2D eigenvalue weighted by Crippen LogP contribution is 2.30. The Bertz CT molecular complexity index is 473. The first-order valence-corrected chi connectivity index (χ1v) is 7.18. The molecule has 1 aromatic heterocycles. The average Bonchev–Trinajstić information content (AvgIpc) is 2.43. The molecule has 1 unspecified atom stereocenters. The Morgan fingerprint density at radius 1 is 1.11 bits per heavy atom. The van der Waals surface area contributed by atoms with Crippen LogP contribution in [0.25, 0.3) is 0 Å². The molecule has 0 aliphatic carbocycles. The summed E-state index contributed by atoms with van der Waals surface area (Å²) < 4.78 is 0. The Morgan fingerprint density at radius 3 is 2.39 bits per heavy atom. The Balaban J connectivity index is 1.97. The van der Waals surface area contributed by atoms with Crippen molar-refractivity contribution >= 4 is 23.4 Å². The first kappa shape index (κ1) is 13.4. The number of benzene rings is 1. The van der Waals surface area contributed by atoms with Crippen LogP contribution in [-0.2, 0) is 5.75 Å². The fourth-order valence-electron chi connectivity index (χ4n) is 1.66. The van der Waals surface area contributed by atoms with Gasteiger partial charge in [0.25, 0.3) is 0 Å². The number of thioether (sulfide) groups is 1. The molecule has 0 amide bonds. The van der Waals surface area contributed by atoms with Crippen LogP contribution in [0.2, 0.25) is 5.02 Å². The SMILES string of the molecule is NCC(SCc1ccc(Cl)cc1)c1ccncc1. The van der Waals surface area contributed by atoms with Crippen molar-refractivity contribution in [3.8, 4) is 0 Å². The topological polar surface area (TPSA) is 38.9 Å². The monoisotopic (exact) mass is 278 g/mol. The number of pyridine rings is 1. The highest BCUT2D eigenvalue weighted by molar-refractivity contribution is 7.98. The van der Waals surface area contributed by atoms with Gasteiger partial charge in [0.2, 0.25) is 0 Å². The van der Waals surface area contributed by atoms with Crippen LogP contribution in [0, 0.1) is 0 Å². The Morgan fingerprint density at radius 2 is 1.78 bits per heavy atom. The lowest BCUT2D eigenvalue weighted by atomic mass is 10.2. The van der Waals surface area contributed by atoms with Gasteiger partial charge in [-0.1, -0.05) is 23.7 Å². The molecule has 0 fully saturated rings. The van der Waals surface area contributed by atoms with Gasteiger partial charge in [-0.25, -0.2) is 0 Å². The standard InChI is InChI=1S/C14H15ClN2S/c15-13-3-1-11(2-4-13)10-18-14(9-16)12-5-7-17-8-6-12/h1-8,14H,9-10,16H2. The molecule has 0 spiro atoms. The average molecular weight is 279 g/mol. The maximum Gasteiger partial charge on any atom is 0.0424 e. The van der Waals surface area contributed by atoms with E-state index in [2.05, 4.69) is 17.1 Å². The maximum atomic E-state index is 5.86. The van der Waals surface area contributed by atoms with Crippen molar-refractivity contribution in [2.24, 2.45) is 5.73 Å². The van der Waals surface area contributed by atoms with Crippen LogP contribution in [0.3, 0.4) is 0 Å². The highest BCUT2D eigenvalue weighted by Gasteiger charge is 2.09. The Labute approximate surface area is 117 Å². The zero-order valence-corrected chi connectivity index (χ0v) is 11.5. The number of hydrogen-bond acceptors (Lipinski definition) is 3. The van der Waals surface area contributed by atoms with Crippen molar-refractivity contribution in [2.45, 2.75) is 11.0 Å². The van der Waals surface area contributed by atoms with Gasteiger partial charge in [0.05, 0.1) is 0 Å². The fourth-order valence-corrected chi connectivity index (χ4v) is 2.85. The minimum absolute atomic E-state index is 0.309. The van der Waals surface area contributed by atoms with Crippen LogP contribution in [0.15, 0.2) is 48.8 Å². The molecule has 2 N–H and O–H groups in total. The summed E-state index contributed by atoms with van der Waals surface area (Å²) in [5.41, 5.74) is 8.32. The molecule has 18 heavy (non-hydrogen) atoms. The predicted molar refractivity (Wildman–Crippen MR) is 78.8 cm³/mol. The van der Waals surface area contributed by atoms with E-state index in [4.69, 9.17) is 17.3 Å². The van der Waals surface area contributed by atoms with E-state index in [0.29, 0.717) is 11.8 Å². The van der Waals surface area contributed by atoms with E-state index in [0.717, 1.165) is 10.8 Å². The Kier molecular flexibility index (Phi) is 5.05. The molecule has 2 aromatic rings. The normalized spacial score (nSPS) is 12.3. The smallest absolute Gasteiger partial charge is 0.0424 e. The molecule has 0 radical (unpaired) electrons. The number of hydrogen-bond donors (Lipinski definition) is 1. The molecular weight excluding hydrogens is 264 g/mol. The van der Waals surface area contributed by atoms with Crippen LogP contribution >= 0.6 is 23.4 Å². The largest absolute Gasteiger partial charge is 0.329 e. The van der Waals surface area contributed by atoms with Crippen molar-refractivity contribution in [3.05, 3.63) is 64.9 Å². The number of rotatable bonds is 5. The molecule has 0 aliphatic rings. The summed E-state index contributed by atoms with van der Waals surface area (Å²) in [6.45, 7) is 0.627. The van der Waals surface area contributed by atoms with E-state index in [9.17, 15) is 0 Å². The van der Waals surface area contributed by atoms with Gasteiger partial charge in [-0.15, -0.1) is 11.8 Å². The number of halogens is 1. The van der Waals surface area contributed by atoms with E-state index < -0.39 is 0 Å². The van der Waals surface area contributed by atoms with Gasteiger partial charge in [0.15, 0.2) is 0 Å². The van der Waals surface area contributed by atoms with Crippen molar-refractivity contribution in [2.75, 3.05) is 6.54 Å². The van der Waals surface area contributed by atoms with Crippen LogP contribution in [0.4, 0.5) is 0 Å². The van der Waals surface area contributed by atoms with Gasteiger partial charge < -0.3 is 5.73 Å². The molecule has 2 nitrogen and oxygen atoms in total. The predicted octanol–water partition coefficient (Wildman–Crippen LogP) is 3.67. The van der Waals surface area contributed by atoms with Crippen molar-refractivity contribution in [1.82, 2.24) is 4.98 Å². The van der Waals surface area contributed by atoms with Gasteiger partial charge in [0, 0.05) is 35.0 Å². The molecule has 4 heteroatoms. The quantitative estimate of drug-likeness (QED) is 0.907. The lowest BCUT2D eigenvalue weighted by Crippen LogP contribution is -2.09. The summed E-state index contributed by atoms with van der Waals surface area (Å²) in [5, 5.41) is 1.08. The molecule has 0 bridgehead atoms. The van der Waals surface area contributed by atoms with E-state index >= 15 is 0 Å². The second kappa shape index (κ2) is 6.78. The Hall–Kier alpha value is -1.03. The summed E-state index contributed by atoms with van der Waals surface area (Å²) >= 11 is 7.70. The van der Waals surface area contributed by atoms with Gasteiger partial charge in [-0.2, -0.15) is 0 Å². The van der Waals surface area contributed by atoms with E-state index in [1.807, 2.05) is 36.0 Å². The molecule has 1 atom stereocenters. The summed E-state index contributed by atoms with van der Waals surface area (Å²) in [5.74, 6) is 0.932. The maximum absolute atomic E-state index is 5.86. The van der Waals surface area contributed by atoms with E-state index in [1.165, 1.54) is 11.1 Å². The summed E-state index contributed by atoms with van der Waals surface area (Å²) in [6, 6.07) is 12.0. The molecule has 0 aliphatic heterocycles. The van der Waals surface area contributed by atoms with Gasteiger partial charge >= 0.3 is 0 Å². The zero-order valence-electron chi connectivity index (χ0n) is 9.92. The minimum atomic E-state index is 0.309. The van der Waals surface area contributed by atoms with E-state index in [-0.39, 0.29) is 0 Å². The zero-order chi connectivity index (χ0) is 12.8. The number of nitrogens with two attached hydrogens (primary N) is 1. The third kappa shape index (κ3) is 3.73. The van der Waals surface area contributed by atoms with Crippen molar-refractivity contribution < 1.29 is 0 Å². The molecular formula is C14H15ClN2S. The summed E-state index contributed by atoms with van der Waals surface area (Å²) in [7, 11) is 0. The molecule has 2 rings (SSSR count). The van der Waals surface area contributed by atoms with Crippen molar-refractivity contribution in [1.29, 1.82) is 0 Å². The highest BCUT2D eigenvalue weighted by atomic mass is 35.5. The second-order valence-electron chi connectivity index (χ2n) is 3.94. The molecule has 94 valence electrons. The molecule has 1 heterocycles. The first-order valence-electron chi connectivity index (χ1n) is 5.75. The third-order valence-corrected chi connectivity index (χ3v) is 4.28. The summed E-state index contributed by atoms with van der Waals surface area (Å²) in [6.07, 6.45) is 3.61. The van der Waals surface area contributed by atoms with Crippen molar-refractivity contribution in [3.63, 3.8) is 0 Å². The molecule has 0 saturated carbocycles. The van der Waals surface area contributed by atoms with Crippen LogP contribution < -0.4 is 5.73 Å². The molecule has 0 saturated heterocycles. The second-order valence-corrected chi connectivity index (χ2v) is 5.57. The van der Waals surface area contributed by atoms with Crippen LogP contribution in [0.1, 0.15) is 16.4 Å².